The molecule has 11 nitrogen and oxygen atoms in total. The van der Waals surface area contributed by atoms with Crippen LogP contribution in [0.1, 0.15) is 108 Å². The number of rotatable bonds is 15. The molecule has 5 atom stereocenters. The molecule has 4 rings (SSSR count). The highest BCUT2D eigenvalue weighted by Gasteiger charge is 2.42. The van der Waals surface area contributed by atoms with E-state index >= 15 is 0 Å². The molecule has 3 N–H and O–H groups in total. The van der Waals surface area contributed by atoms with E-state index in [1.807, 2.05) is 49.6 Å². The summed E-state index contributed by atoms with van der Waals surface area (Å²) in [5.41, 5.74) is 1.16. The van der Waals surface area contributed by atoms with Crippen molar-refractivity contribution >= 4 is 68.7 Å². The summed E-state index contributed by atoms with van der Waals surface area (Å²) in [7, 11) is 0. The minimum Gasteiger partial charge on any atom is -0.347 e. The largest absolute Gasteiger partial charge is 0.347 e. The minimum absolute atomic E-state index is 0.175. The fourth-order valence-electron chi connectivity index (χ4n) is 6.78. The molecule has 2 aliphatic heterocycles. The maximum absolute atomic E-state index is 14.4. The first-order valence-corrected chi connectivity index (χ1v) is 19.5. The number of carbonyl (C=O) groups is 6. The zero-order chi connectivity index (χ0) is 35.5. The maximum atomic E-state index is 14.4. The number of benzene rings is 1. The molecule has 2 aromatic rings. The van der Waals surface area contributed by atoms with Gasteiger partial charge in [0.1, 0.15) is 23.9 Å². The fourth-order valence-corrected chi connectivity index (χ4v) is 7.32. The van der Waals surface area contributed by atoms with Crippen LogP contribution in [0.3, 0.4) is 0 Å². The van der Waals surface area contributed by atoms with Crippen molar-refractivity contribution in [3.05, 3.63) is 36.0 Å². The summed E-state index contributed by atoms with van der Waals surface area (Å²) in [4.78, 5) is 84.0. The Morgan fingerprint density at radius 3 is 2.43 bits per heavy atom. The molecule has 3 heterocycles. The van der Waals surface area contributed by atoms with Gasteiger partial charge in [-0.3, -0.25) is 28.8 Å². The fraction of sp³-hybridized carbons (Fsp3) is 0.622. The molecule has 0 radical (unpaired) electrons. The summed E-state index contributed by atoms with van der Waals surface area (Å²) < 4.78 is 3.03. The lowest BCUT2D eigenvalue weighted by atomic mass is 9.93. The van der Waals surface area contributed by atoms with Gasteiger partial charge in [-0.2, -0.15) is 0 Å². The van der Waals surface area contributed by atoms with Gasteiger partial charge in [0, 0.05) is 48.6 Å². The van der Waals surface area contributed by atoms with Crippen LogP contribution < -0.4 is 16.0 Å². The highest BCUT2D eigenvalue weighted by molar-refractivity contribution is 14.1. The van der Waals surface area contributed by atoms with E-state index in [0.29, 0.717) is 69.0 Å². The average molecular weight is 790 g/mol. The predicted molar refractivity (Wildman–Crippen MR) is 197 cm³/mol. The number of nitrogens with one attached hydrogen (secondary N) is 3. The van der Waals surface area contributed by atoms with E-state index in [4.69, 9.17) is 0 Å². The van der Waals surface area contributed by atoms with E-state index < -0.39 is 47.7 Å². The van der Waals surface area contributed by atoms with Crippen LogP contribution in [0.5, 0.6) is 0 Å². The van der Waals surface area contributed by atoms with Crippen LogP contribution in [0.25, 0.3) is 10.9 Å². The van der Waals surface area contributed by atoms with Gasteiger partial charge in [-0.1, -0.05) is 80.8 Å². The molecular formula is C37H52IN5O6. The molecule has 0 spiro atoms. The van der Waals surface area contributed by atoms with Crippen LogP contribution in [0, 0.1) is 5.92 Å². The number of Topliss-reactive ketones (excluding diaryl/α,β-unsaturated/α-hetero) is 2. The van der Waals surface area contributed by atoms with Crippen molar-refractivity contribution in [1.82, 2.24) is 25.4 Å². The SMILES string of the molecule is CCC(=O)CCCCC[C@@H]1NC(=O)C2CCCCN2C(=O)[C@H](C(C)CC)NC(=O)C(C(=O)c2cn(CCCCI)c3ccccc23)NC1=O. The molecule has 0 bridgehead atoms. The first-order valence-electron chi connectivity index (χ1n) is 18.0. The lowest BCUT2D eigenvalue weighted by Gasteiger charge is -2.39. The Labute approximate surface area is 303 Å². The average Bonchev–Trinajstić information content (AvgIpc) is 3.49. The molecule has 4 amide bonds. The van der Waals surface area contributed by atoms with Crippen LogP contribution >= 0.6 is 22.6 Å². The lowest BCUT2D eigenvalue weighted by Crippen LogP contribution is -2.65. The summed E-state index contributed by atoms with van der Waals surface area (Å²) in [5.74, 6) is -2.85. The van der Waals surface area contributed by atoms with Gasteiger partial charge < -0.3 is 25.4 Å². The second-order valence-corrected chi connectivity index (χ2v) is 14.5. The van der Waals surface area contributed by atoms with Gasteiger partial charge in [-0.05, 0) is 61.4 Å². The smallest absolute Gasteiger partial charge is 0.251 e. The summed E-state index contributed by atoms with van der Waals surface area (Å²) >= 11 is 2.34. The standard InChI is InChI=1S/C37H52IN5O6/c1-4-24(3)31-37(49)43-22-13-11-19-30(43)35(47)39-28(17-8-6-7-15-25(44)5-2)34(46)41-32(36(48)40-31)33(45)27-23-42(21-14-12-20-38)29-18-10-9-16-26(27)29/h9-10,16,18,23-24,28,30-32H,4-8,11-15,17,19-22H2,1-3H3,(H,39,47)(H,40,48)(H,41,46)/t24?,28-,30?,31-,32?/m0/s1. The number of hydrogen-bond acceptors (Lipinski definition) is 6. The number of piperidine rings is 1. The van der Waals surface area contributed by atoms with E-state index in [-0.39, 0.29) is 24.0 Å². The first kappa shape index (κ1) is 38.5. The van der Waals surface area contributed by atoms with Gasteiger partial charge in [-0.15, -0.1) is 0 Å². The van der Waals surface area contributed by atoms with Crippen molar-refractivity contribution in [2.24, 2.45) is 5.92 Å². The molecular weight excluding hydrogens is 737 g/mol. The number of carbonyl (C=O) groups excluding carboxylic acids is 6. The molecule has 0 saturated carbocycles. The zero-order valence-corrected chi connectivity index (χ0v) is 31.3. The number of ketones is 2. The molecule has 49 heavy (non-hydrogen) atoms. The van der Waals surface area contributed by atoms with Gasteiger partial charge in [0.2, 0.25) is 17.7 Å². The topological polar surface area (TPSA) is 147 Å². The molecule has 2 aliphatic rings. The van der Waals surface area contributed by atoms with Gasteiger partial charge in [0.15, 0.2) is 11.8 Å². The maximum Gasteiger partial charge on any atom is 0.251 e. The number of para-hydroxylation sites is 1. The van der Waals surface area contributed by atoms with Crippen LogP contribution in [-0.2, 0) is 30.5 Å². The monoisotopic (exact) mass is 789 g/mol. The summed E-state index contributed by atoms with van der Waals surface area (Å²) in [6.45, 7) is 6.66. The third-order valence-electron chi connectivity index (χ3n) is 9.99. The highest BCUT2D eigenvalue weighted by Crippen LogP contribution is 2.25. The number of unbranched alkanes of at least 4 members (excludes halogenated alkanes) is 3. The number of halogens is 1. The second-order valence-electron chi connectivity index (χ2n) is 13.4. The molecule has 1 aromatic heterocycles. The van der Waals surface area contributed by atoms with Gasteiger partial charge in [0.25, 0.3) is 5.91 Å². The van der Waals surface area contributed by atoms with Crippen LogP contribution in [0.15, 0.2) is 30.5 Å². The summed E-state index contributed by atoms with van der Waals surface area (Å²) in [6.07, 6.45) is 9.28. The number of aryl methyl sites for hydroxylation is 1. The number of amides is 4. The normalized spacial score (nSPS) is 22.7. The third-order valence-corrected chi connectivity index (χ3v) is 10.8. The number of nitrogens with zero attached hydrogens (tertiary/aromatic N) is 2. The van der Waals surface area contributed by atoms with E-state index in [0.717, 1.165) is 35.6 Å². The molecule has 2 fully saturated rings. The van der Waals surface area contributed by atoms with Crippen LogP contribution in [0.2, 0.25) is 0 Å². The molecule has 0 aliphatic carbocycles. The van der Waals surface area contributed by atoms with Crippen LogP contribution in [-0.4, -0.2) is 79.8 Å². The third kappa shape index (κ3) is 9.70. The second kappa shape index (κ2) is 18.6. The van der Waals surface area contributed by atoms with E-state index in [1.165, 1.54) is 0 Å². The molecule has 3 unspecified atom stereocenters. The molecule has 268 valence electrons. The van der Waals surface area contributed by atoms with Crippen molar-refractivity contribution in [2.75, 3.05) is 11.0 Å². The first-order chi connectivity index (χ1) is 23.6. The molecule has 12 heteroatoms. The van der Waals surface area contributed by atoms with Crippen molar-refractivity contribution in [2.45, 2.75) is 129 Å². The van der Waals surface area contributed by atoms with Crippen molar-refractivity contribution < 1.29 is 28.8 Å². The van der Waals surface area contributed by atoms with E-state index in [9.17, 15) is 28.8 Å². The minimum atomic E-state index is -1.63. The summed E-state index contributed by atoms with van der Waals surface area (Å²) in [5, 5.41) is 9.13. The number of aromatic nitrogens is 1. The highest BCUT2D eigenvalue weighted by atomic mass is 127. The van der Waals surface area contributed by atoms with Crippen molar-refractivity contribution in [3.8, 4) is 0 Å². The van der Waals surface area contributed by atoms with Crippen LogP contribution in [0.4, 0.5) is 0 Å². The Bertz CT molecular complexity index is 1510. The number of alkyl halides is 1. The van der Waals surface area contributed by atoms with Gasteiger partial charge in [-0.25, -0.2) is 0 Å². The van der Waals surface area contributed by atoms with E-state index in [2.05, 4.69) is 38.5 Å². The quantitative estimate of drug-likeness (QED) is 0.0773. The number of hydrogen-bond donors (Lipinski definition) is 3. The van der Waals surface area contributed by atoms with Crippen molar-refractivity contribution in [3.63, 3.8) is 0 Å². The summed E-state index contributed by atoms with van der Waals surface area (Å²) in [6, 6.07) is 3.10. The van der Waals surface area contributed by atoms with Gasteiger partial charge in [0.05, 0.1) is 0 Å². The molecule has 2 saturated heterocycles. The van der Waals surface area contributed by atoms with Crippen molar-refractivity contribution in [1.29, 1.82) is 0 Å². The zero-order valence-electron chi connectivity index (χ0n) is 29.1. The van der Waals surface area contributed by atoms with E-state index in [1.54, 1.807) is 11.1 Å². The predicted octanol–water partition coefficient (Wildman–Crippen LogP) is 4.86. The lowest BCUT2D eigenvalue weighted by molar-refractivity contribution is -0.147. The Hall–Kier alpha value is -3.29. The number of fused-ring (bicyclic) bond motifs is 2. The molecule has 1 aromatic carbocycles. The Kier molecular flexibility index (Phi) is 14.6. The Balaban J connectivity index is 1.71. The Morgan fingerprint density at radius 1 is 0.918 bits per heavy atom. The van der Waals surface area contributed by atoms with Gasteiger partial charge >= 0.3 is 0 Å². The Morgan fingerprint density at radius 2 is 1.69 bits per heavy atom.